The molecule has 35 heavy (non-hydrogen) atoms. The Hall–Kier alpha value is -2.23. The van der Waals surface area contributed by atoms with Gasteiger partial charge in [0.05, 0.1) is 30.6 Å². The number of carbonyl (C=O) groups excluding carboxylic acids is 2. The fraction of sp³-hybridized carbons (Fsp3) is 0.577. The molecule has 0 aliphatic carbocycles. The summed E-state index contributed by atoms with van der Waals surface area (Å²) in [5, 5.41) is 20.5. The lowest BCUT2D eigenvalue weighted by Gasteiger charge is -2.39. The van der Waals surface area contributed by atoms with Crippen LogP contribution in [0.5, 0.6) is 0 Å². The van der Waals surface area contributed by atoms with Crippen molar-refractivity contribution in [3.63, 3.8) is 0 Å². The van der Waals surface area contributed by atoms with Crippen molar-refractivity contribution in [2.75, 3.05) is 19.7 Å². The summed E-state index contributed by atoms with van der Waals surface area (Å²) in [6.07, 6.45) is 4.05. The molecule has 2 amide bonds. The van der Waals surface area contributed by atoms with Gasteiger partial charge in [-0.2, -0.15) is 0 Å². The third-order valence-electron chi connectivity index (χ3n) is 7.63. The molecule has 2 bridgehead atoms. The maximum atomic E-state index is 14.2. The Morgan fingerprint density at radius 2 is 2.06 bits per heavy atom. The van der Waals surface area contributed by atoms with Crippen LogP contribution in [0.1, 0.15) is 44.2 Å². The van der Waals surface area contributed by atoms with E-state index in [0.29, 0.717) is 25.1 Å². The van der Waals surface area contributed by atoms with E-state index in [1.54, 1.807) is 35.2 Å². The number of nitrogens with zero attached hydrogens (tertiary/aromatic N) is 2. The zero-order valence-electron chi connectivity index (χ0n) is 19.9. The number of carboxylic acid groups (broad SMARTS) is 1. The van der Waals surface area contributed by atoms with Gasteiger partial charge in [-0.1, -0.05) is 72.1 Å². The van der Waals surface area contributed by atoms with Gasteiger partial charge in [0.2, 0.25) is 11.8 Å². The second-order valence-corrected chi connectivity index (χ2v) is 10.8. The van der Waals surface area contributed by atoms with Crippen LogP contribution in [-0.2, 0) is 19.1 Å². The van der Waals surface area contributed by atoms with Crippen LogP contribution in [0.2, 0.25) is 0 Å². The number of amides is 2. The Balaban J connectivity index is 1.81. The Morgan fingerprint density at radius 3 is 2.66 bits per heavy atom. The van der Waals surface area contributed by atoms with Crippen LogP contribution in [0, 0.1) is 11.8 Å². The molecule has 3 aliphatic heterocycles. The topological polar surface area (TPSA) is 107 Å². The third kappa shape index (κ3) is 4.21. The average Bonchev–Trinajstić information content (AvgIpc) is 3.43. The molecule has 3 unspecified atom stereocenters. The third-order valence-corrected chi connectivity index (χ3v) is 8.48. The Bertz CT molecular complexity index is 974. The summed E-state index contributed by atoms with van der Waals surface area (Å²) in [6.45, 7) is 6.28. The van der Waals surface area contributed by atoms with E-state index < -0.39 is 54.1 Å². The second-order valence-electron chi connectivity index (χ2n) is 9.64. The molecular formula is C26H33BrN2O6. The van der Waals surface area contributed by atoms with Crippen LogP contribution in [0.25, 0.3) is 0 Å². The number of carboxylic acids is 1. The van der Waals surface area contributed by atoms with Crippen molar-refractivity contribution in [2.45, 2.75) is 61.2 Å². The number of hydrogen-bond donors (Lipinski definition) is 2. The van der Waals surface area contributed by atoms with E-state index in [2.05, 4.69) is 29.4 Å². The molecule has 1 aromatic rings. The SMILES string of the molecule is C=CCN(CCCCC)C(=O)C1N([C@H](CO)c2ccccc2)C(=O)[C@@H]2[C@@H](C(=O)O)[C@@H]3OC12CC3Br. The number of likely N-dealkylation sites (tertiary alicyclic amines) is 1. The molecule has 3 heterocycles. The zero-order chi connectivity index (χ0) is 25.3. The maximum Gasteiger partial charge on any atom is 0.310 e. The average molecular weight is 549 g/mol. The van der Waals surface area contributed by atoms with Gasteiger partial charge in [-0.05, 0) is 18.4 Å². The van der Waals surface area contributed by atoms with Crippen molar-refractivity contribution >= 4 is 33.7 Å². The molecule has 2 N–H and O–H groups in total. The Morgan fingerprint density at radius 1 is 1.34 bits per heavy atom. The summed E-state index contributed by atoms with van der Waals surface area (Å²) in [5.74, 6) is -3.92. The molecule has 0 saturated carbocycles. The van der Waals surface area contributed by atoms with Crippen LogP contribution in [-0.4, -0.2) is 80.1 Å². The predicted octanol–water partition coefficient (Wildman–Crippen LogP) is 2.76. The van der Waals surface area contributed by atoms with E-state index in [1.165, 1.54) is 4.90 Å². The molecule has 1 spiro atoms. The van der Waals surface area contributed by atoms with Crippen molar-refractivity contribution in [1.82, 2.24) is 9.80 Å². The zero-order valence-corrected chi connectivity index (χ0v) is 21.5. The predicted molar refractivity (Wildman–Crippen MR) is 133 cm³/mol. The molecule has 9 heteroatoms. The number of rotatable bonds is 11. The van der Waals surface area contributed by atoms with Crippen molar-refractivity contribution < 1.29 is 29.3 Å². The number of ether oxygens (including phenoxy) is 1. The number of unbranched alkanes of at least 4 members (excludes halogenated alkanes) is 2. The highest BCUT2D eigenvalue weighted by molar-refractivity contribution is 9.09. The number of alkyl halides is 1. The molecular weight excluding hydrogens is 516 g/mol. The number of aliphatic carboxylic acids is 1. The highest BCUT2D eigenvalue weighted by atomic mass is 79.9. The van der Waals surface area contributed by atoms with Gasteiger partial charge in [-0.15, -0.1) is 6.58 Å². The molecule has 4 rings (SSSR count). The summed E-state index contributed by atoms with van der Waals surface area (Å²) in [7, 11) is 0. The van der Waals surface area contributed by atoms with Crippen molar-refractivity contribution in [2.24, 2.45) is 11.8 Å². The summed E-state index contributed by atoms with van der Waals surface area (Å²) < 4.78 is 6.34. The standard InChI is InChI=1S/C26H33BrN2O6/c1-3-5-9-13-28(12-4-2)24(32)22-26-14-17(27)21(35-26)19(25(33)34)20(26)23(31)29(22)18(15-30)16-10-7-6-8-11-16/h4,6-8,10-11,17-22,30H,2-3,5,9,12-15H2,1H3,(H,33,34)/t17?,18-,19-,20+,21-,22?,26?/m1/s1. The largest absolute Gasteiger partial charge is 0.481 e. The Kier molecular flexibility index (Phi) is 7.68. The molecule has 0 radical (unpaired) electrons. The normalized spacial score (nSPS) is 31.9. The minimum atomic E-state index is -1.28. The van der Waals surface area contributed by atoms with E-state index in [4.69, 9.17) is 4.74 Å². The number of halogens is 1. The fourth-order valence-electron chi connectivity index (χ4n) is 6.17. The van der Waals surface area contributed by atoms with Gasteiger partial charge < -0.3 is 24.7 Å². The van der Waals surface area contributed by atoms with E-state index in [1.807, 2.05) is 6.07 Å². The molecule has 190 valence electrons. The minimum Gasteiger partial charge on any atom is -0.481 e. The highest BCUT2D eigenvalue weighted by Crippen LogP contribution is 2.61. The summed E-state index contributed by atoms with van der Waals surface area (Å²) in [4.78, 5) is 43.3. The molecule has 3 fully saturated rings. The highest BCUT2D eigenvalue weighted by Gasteiger charge is 2.77. The molecule has 0 aromatic heterocycles. The summed E-state index contributed by atoms with van der Waals surface area (Å²) in [5.41, 5.74) is -0.599. The number of aliphatic hydroxyl groups excluding tert-OH is 1. The first-order chi connectivity index (χ1) is 16.8. The van der Waals surface area contributed by atoms with Crippen LogP contribution in [0.15, 0.2) is 43.0 Å². The van der Waals surface area contributed by atoms with E-state index in [0.717, 1.165) is 19.3 Å². The van der Waals surface area contributed by atoms with Crippen LogP contribution >= 0.6 is 15.9 Å². The molecule has 7 atom stereocenters. The number of aliphatic hydroxyl groups is 1. The molecule has 8 nitrogen and oxygen atoms in total. The number of carbonyl (C=O) groups is 3. The van der Waals surface area contributed by atoms with E-state index in [9.17, 15) is 24.6 Å². The quantitative estimate of drug-likeness (QED) is 0.250. The van der Waals surface area contributed by atoms with Crippen LogP contribution < -0.4 is 0 Å². The fourth-order valence-corrected chi connectivity index (χ4v) is 7.11. The monoisotopic (exact) mass is 548 g/mol. The Labute approximate surface area is 214 Å². The second kappa shape index (κ2) is 10.4. The van der Waals surface area contributed by atoms with Gasteiger partial charge in [-0.3, -0.25) is 14.4 Å². The smallest absolute Gasteiger partial charge is 0.310 e. The summed E-state index contributed by atoms with van der Waals surface area (Å²) >= 11 is 3.56. The first-order valence-corrected chi connectivity index (χ1v) is 13.2. The molecule has 3 aliphatic rings. The lowest BCUT2D eigenvalue weighted by Crippen LogP contribution is -2.57. The van der Waals surface area contributed by atoms with Gasteiger partial charge in [0.1, 0.15) is 11.6 Å². The van der Waals surface area contributed by atoms with Gasteiger partial charge in [0.25, 0.3) is 0 Å². The summed E-state index contributed by atoms with van der Waals surface area (Å²) in [6, 6.07) is 7.19. The first-order valence-electron chi connectivity index (χ1n) is 12.2. The lowest BCUT2D eigenvalue weighted by atomic mass is 9.70. The molecule has 1 aromatic carbocycles. The number of fused-ring (bicyclic) bond motifs is 1. The number of hydrogen-bond acceptors (Lipinski definition) is 5. The van der Waals surface area contributed by atoms with Gasteiger partial charge >= 0.3 is 5.97 Å². The van der Waals surface area contributed by atoms with Gasteiger partial charge in [0, 0.05) is 17.9 Å². The first kappa shape index (κ1) is 25.9. The van der Waals surface area contributed by atoms with Crippen molar-refractivity contribution in [3.05, 3.63) is 48.6 Å². The van der Waals surface area contributed by atoms with Crippen LogP contribution in [0.3, 0.4) is 0 Å². The lowest BCUT2D eigenvalue weighted by molar-refractivity contribution is -0.153. The molecule has 3 saturated heterocycles. The van der Waals surface area contributed by atoms with E-state index >= 15 is 0 Å². The number of benzene rings is 1. The van der Waals surface area contributed by atoms with E-state index in [-0.39, 0.29) is 10.7 Å². The minimum absolute atomic E-state index is 0.292. The van der Waals surface area contributed by atoms with Crippen molar-refractivity contribution in [1.29, 1.82) is 0 Å². The van der Waals surface area contributed by atoms with Crippen LogP contribution in [0.4, 0.5) is 0 Å². The van der Waals surface area contributed by atoms with Gasteiger partial charge in [-0.25, -0.2) is 0 Å². The van der Waals surface area contributed by atoms with Gasteiger partial charge in [0.15, 0.2) is 0 Å². The maximum absolute atomic E-state index is 14.2. The van der Waals surface area contributed by atoms with Crippen molar-refractivity contribution in [3.8, 4) is 0 Å².